The van der Waals surface area contributed by atoms with E-state index in [0.29, 0.717) is 11.8 Å². The number of halogens is 1. The van der Waals surface area contributed by atoms with E-state index in [0.717, 1.165) is 17.5 Å². The molecule has 0 heterocycles. The quantitative estimate of drug-likeness (QED) is 0.802. The molecule has 2 nitrogen and oxygen atoms in total. The van der Waals surface area contributed by atoms with Crippen molar-refractivity contribution in [3.8, 4) is 0 Å². The maximum Gasteiger partial charge on any atom is 0.251 e. The van der Waals surface area contributed by atoms with E-state index in [2.05, 4.69) is 19.2 Å². The predicted molar refractivity (Wildman–Crippen MR) is 72.6 cm³/mol. The monoisotopic (exact) mass is 253 g/mol. The lowest BCUT2D eigenvalue weighted by Gasteiger charge is -2.20. The SMILES string of the molecule is CCc1ccccc1C(=O)NC(CCl)C(C)C. The number of benzene rings is 1. The van der Waals surface area contributed by atoms with Crippen LogP contribution in [0.4, 0.5) is 0 Å². The number of amides is 1. The minimum atomic E-state index is -0.0261. The van der Waals surface area contributed by atoms with E-state index >= 15 is 0 Å². The molecule has 94 valence electrons. The molecule has 0 bridgehead atoms. The van der Waals surface area contributed by atoms with Crippen LogP contribution in [0.2, 0.25) is 0 Å². The van der Waals surface area contributed by atoms with Crippen molar-refractivity contribution in [2.75, 3.05) is 5.88 Å². The third-order valence-corrected chi connectivity index (χ3v) is 3.26. The van der Waals surface area contributed by atoms with Crippen molar-refractivity contribution in [2.24, 2.45) is 5.92 Å². The van der Waals surface area contributed by atoms with Gasteiger partial charge in [0, 0.05) is 17.5 Å². The topological polar surface area (TPSA) is 29.1 Å². The third kappa shape index (κ3) is 3.74. The Balaban J connectivity index is 2.82. The Morgan fingerprint density at radius 2 is 2.00 bits per heavy atom. The molecule has 0 saturated carbocycles. The van der Waals surface area contributed by atoms with Crippen LogP contribution in [0.5, 0.6) is 0 Å². The highest BCUT2D eigenvalue weighted by molar-refractivity contribution is 6.18. The second-order valence-corrected chi connectivity index (χ2v) is 4.80. The molecule has 1 amide bonds. The largest absolute Gasteiger partial charge is 0.348 e. The van der Waals surface area contributed by atoms with Gasteiger partial charge in [0.15, 0.2) is 0 Å². The Bertz CT molecular complexity index is 376. The smallest absolute Gasteiger partial charge is 0.251 e. The first-order valence-electron chi connectivity index (χ1n) is 6.04. The summed E-state index contributed by atoms with van der Waals surface area (Å²) in [6.45, 7) is 6.16. The predicted octanol–water partition coefficient (Wildman–Crippen LogP) is 3.24. The van der Waals surface area contributed by atoms with Gasteiger partial charge in [-0.25, -0.2) is 0 Å². The average molecular weight is 254 g/mol. The second-order valence-electron chi connectivity index (χ2n) is 4.49. The van der Waals surface area contributed by atoms with Crippen LogP contribution < -0.4 is 5.32 Å². The maximum atomic E-state index is 12.1. The first-order chi connectivity index (χ1) is 8.10. The average Bonchev–Trinajstić information content (AvgIpc) is 2.35. The van der Waals surface area contributed by atoms with E-state index in [1.54, 1.807) is 0 Å². The lowest BCUT2D eigenvalue weighted by molar-refractivity contribution is 0.0930. The second kappa shape index (κ2) is 6.65. The van der Waals surface area contributed by atoms with Gasteiger partial charge in [0.2, 0.25) is 0 Å². The Kier molecular flexibility index (Phi) is 5.49. The standard InChI is InChI=1S/C14H20ClNO/c1-4-11-7-5-6-8-12(11)14(17)16-13(9-15)10(2)3/h5-8,10,13H,4,9H2,1-3H3,(H,16,17). The molecule has 0 fully saturated rings. The molecule has 1 aromatic carbocycles. The van der Waals surface area contributed by atoms with Crippen LogP contribution in [0.3, 0.4) is 0 Å². The van der Waals surface area contributed by atoms with Gasteiger partial charge in [-0.05, 0) is 24.0 Å². The van der Waals surface area contributed by atoms with Gasteiger partial charge < -0.3 is 5.32 Å². The summed E-state index contributed by atoms with van der Waals surface area (Å²) in [5.41, 5.74) is 1.83. The number of hydrogen-bond donors (Lipinski definition) is 1. The highest BCUT2D eigenvalue weighted by Crippen LogP contribution is 2.11. The van der Waals surface area contributed by atoms with Crippen molar-refractivity contribution in [1.29, 1.82) is 0 Å². The minimum absolute atomic E-state index is 0.0223. The summed E-state index contributed by atoms with van der Waals surface area (Å²) in [7, 11) is 0. The number of carbonyl (C=O) groups is 1. The Morgan fingerprint density at radius 1 is 1.35 bits per heavy atom. The molecule has 0 aliphatic carbocycles. The molecule has 0 saturated heterocycles. The molecule has 3 heteroatoms. The molecular weight excluding hydrogens is 234 g/mol. The summed E-state index contributed by atoms with van der Waals surface area (Å²) in [5.74, 6) is 0.754. The zero-order chi connectivity index (χ0) is 12.8. The molecule has 1 aromatic rings. The molecule has 0 spiro atoms. The van der Waals surface area contributed by atoms with E-state index in [1.165, 1.54) is 0 Å². The van der Waals surface area contributed by atoms with E-state index in [1.807, 2.05) is 31.2 Å². The van der Waals surface area contributed by atoms with Crippen LogP contribution in [-0.2, 0) is 6.42 Å². The van der Waals surface area contributed by atoms with Gasteiger partial charge in [0.25, 0.3) is 5.91 Å². The van der Waals surface area contributed by atoms with Gasteiger partial charge in [-0.1, -0.05) is 39.0 Å². The fourth-order valence-electron chi connectivity index (χ4n) is 1.68. The summed E-state index contributed by atoms with van der Waals surface area (Å²) < 4.78 is 0. The van der Waals surface area contributed by atoms with E-state index in [9.17, 15) is 4.79 Å². The number of carbonyl (C=O) groups excluding carboxylic acids is 1. The van der Waals surface area contributed by atoms with Crippen LogP contribution in [0.1, 0.15) is 36.7 Å². The van der Waals surface area contributed by atoms with Gasteiger partial charge in [0.1, 0.15) is 0 Å². The summed E-state index contributed by atoms with van der Waals surface area (Å²) in [4.78, 5) is 12.1. The highest BCUT2D eigenvalue weighted by Gasteiger charge is 2.17. The van der Waals surface area contributed by atoms with Crippen molar-refractivity contribution >= 4 is 17.5 Å². The Hall–Kier alpha value is -1.02. The van der Waals surface area contributed by atoms with Crippen LogP contribution in [0, 0.1) is 5.92 Å². The lowest BCUT2D eigenvalue weighted by Crippen LogP contribution is -2.40. The van der Waals surface area contributed by atoms with Crippen molar-refractivity contribution in [1.82, 2.24) is 5.32 Å². The van der Waals surface area contributed by atoms with Crippen molar-refractivity contribution < 1.29 is 4.79 Å². The summed E-state index contributed by atoms with van der Waals surface area (Å²) in [5, 5.41) is 2.99. The molecular formula is C14H20ClNO. The minimum Gasteiger partial charge on any atom is -0.348 e. The molecule has 0 aliphatic rings. The lowest BCUT2D eigenvalue weighted by atomic mass is 10.0. The molecule has 0 radical (unpaired) electrons. The molecule has 0 aromatic heterocycles. The van der Waals surface area contributed by atoms with Gasteiger partial charge in [-0.2, -0.15) is 0 Å². The first-order valence-corrected chi connectivity index (χ1v) is 6.58. The number of nitrogens with one attached hydrogen (secondary N) is 1. The third-order valence-electron chi connectivity index (χ3n) is 2.93. The van der Waals surface area contributed by atoms with Gasteiger partial charge in [-0.15, -0.1) is 11.6 Å². The fraction of sp³-hybridized carbons (Fsp3) is 0.500. The number of alkyl halides is 1. The molecule has 0 aliphatic heterocycles. The van der Waals surface area contributed by atoms with E-state index < -0.39 is 0 Å². The van der Waals surface area contributed by atoms with Crippen LogP contribution >= 0.6 is 11.6 Å². The fourth-order valence-corrected chi connectivity index (χ4v) is 2.11. The van der Waals surface area contributed by atoms with E-state index in [4.69, 9.17) is 11.6 Å². The Labute approximate surface area is 108 Å². The number of rotatable bonds is 5. The van der Waals surface area contributed by atoms with Crippen molar-refractivity contribution in [3.05, 3.63) is 35.4 Å². The summed E-state index contributed by atoms with van der Waals surface area (Å²) in [6, 6.07) is 7.71. The highest BCUT2D eigenvalue weighted by atomic mass is 35.5. The van der Waals surface area contributed by atoms with Crippen molar-refractivity contribution in [2.45, 2.75) is 33.2 Å². The van der Waals surface area contributed by atoms with Gasteiger partial charge in [-0.3, -0.25) is 4.79 Å². The normalized spacial score (nSPS) is 12.5. The number of hydrogen-bond acceptors (Lipinski definition) is 1. The molecule has 17 heavy (non-hydrogen) atoms. The zero-order valence-corrected chi connectivity index (χ0v) is 11.4. The van der Waals surface area contributed by atoms with E-state index in [-0.39, 0.29) is 11.9 Å². The number of aryl methyl sites for hydroxylation is 1. The molecule has 1 atom stereocenters. The summed E-state index contributed by atoms with van der Waals surface area (Å²) >= 11 is 5.85. The maximum absolute atomic E-state index is 12.1. The first kappa shape index (κ1) is 14.0. The Morgan fingerprint density at radius 3 is 2.53 bits per heavy atom. The van der Waals surface area contributed by atoms with Crippen LogP contribution in [0.25, 0.3) is 0 Å². The van der Waals surface area contributed by atoms with Crippen LogP contribution in [0.15, 0.2) is 24.3 Å². The van der Waals surface area contributed by atoms with Gasteiger partial charge in [0.05, 0.1) is 0 Å². The van der Waals surface area contributed by atoms with Crippen LogP contribution in [-0.4, -0.2) is 17.8 Å². The van der Waals surface area contributed by atoms with Crippen molar-refractivity contribution in [3.63, 3.8) is 0 Å². The summed E-state index contributed by atoms with van der Waals surface area (Å²) in [6.07, 6.45) is 0.858. The molecule has 1 unspecified atom stereocenters. The zero-order valence-electron chi connectivity index (χ0n) is 10.7. The molecule has 1 rings (SSSR count). The van der Waals surface area contributed by atoms with Gasteiger partial charge >= 0.3 is 0 Å². The molecule has 1 N–H and O–H groups in total.